The van der Waals surface area contributed by atoms with Crippen LogP contribution in [-0.4, -0.2) is 139 Å². The van der Waals surface area contributed by atoms with Gasteiger partial charge in [-0.3, -0.25) is 38.6 Å². The Morgan fingerprint density at radius 3 is 1.03 bits per heavy atom. The standard InChI is InChI=1S/C18H26N4O14/c23-11(19-9(17(33)34)3-13(25)26)5-21(7-15(29)30)1-2-22(8-16(31)32)6-12(24)20-10(18(35)36)4-14(27)28/h9-10H,1-8H2,(H,19,23)(H,20,24)(H,25,26)(H,27,28)(H,29,30)(H,31,32)(H,33,34)(H,35,36)/t9-,10-/m1/s1. The molecule has 0 fully saturated rings. The third-order valence-corrected chi connectivity index (χ3v) is 4.21. The van der Waals surface area contributed by atoms with Crippen LogP contribution >= 0.6 is 0 Å². The second kappa shape index (κ2) is 15.6. The lowest BCUT2D eigenvalue weighted by molar-refractivity contribution is -0.147. The highest BCUT2D eigenvalue weighted by Gasteiger charge is 2.26. The second-order valence-corrected chi connectivity index (χ2v) is 7.32. The summed E-state index contributed by atoms with van der Waals surface area (Å²) in [6.07, 6.45) is -1.89. The summed E-state index contributed by atoms with van der Waals surface area (Å²) in [6, 6.07) is -3.58. The molecule has 2 atom stereocenters. The molecule has 202 valence electrons. The van der Waals surface area contributed by atoms with Crippen molar-refractivity contribution < 1.29 is 69.0 Å². The van der Waals surface area contributed by atoms with Crippen LogP contribution in [0.25, 0.3) is 0 Å². The van der Waals surface area contributed by atoms with Crippen molar-refractivity contribution in [2.45, 2.75) is 24.9 Å². The summed E-state index contributed by atoms with van der Waals surface area (Å²) in [4.78, 5) is 92.0. The van der Waals surface area contributed by atoms with Gasteiger partial charge in [0.2, 0.25) is 11.8 Å². The van der Waals surface area contributed by atoms with Crippen LogP contribution in [-0.2, 0) is 38.4 Å². The van der Waals surface area contributed by atoms with Gasteiger partial charge in [0.25, 0.3) is 0 Å². The molecule has 0 heterocycles. The first-order valence-corrected chi connectivity index (χ1v) is 9.96. The number of nitrogens with zero attached hydrogens (tertiary/aromatic N) is 2. The molecule has 0 saturated heterocycles. The van der Waals surface area contributed by atoms with E-state index in [9.17, 15) is 38.4 Å². The number of nitrogens with one attached hydrogen (secondary N) is 2. The van der Waals surface area contributed by atoms with Crippen molar-refractivity contribution in [1.29, 1.82) is 0 Å². The van der Waals surface area contributed by atoms with E-state index >= 15 is 0 Å². The van der Waals surface area contributed by atoms with Crippen molar-refractivity contribution in [2.24, 2.45) is 0 Å². The zero-order valence-electron chi connectivity index (χ0n) is 18.7. The van der Waals surface area contributed by atoms with Gasteiger partial charge in [-0.2, -0.15) is 0 Å². The lowest BCUT2D eigenvalue weighted by Crippen LogP contribution is -2.50. The molecule has 0 aliphatic heterocycles. The Hall–Kier alpha value is -4.32. The molecule has 0 aromatic carbocycles. The van der Waals surface area contributed by atoms with Gasteiger partial charge >= 0.3 is 35.8 Å². The maximum Gasteiger partial charge on any atom is 0.326 e. The highest BCUT2D eigenvalue weighted by atomic mass is 16.4. The molecule has 0 aliphatic rings. The van der Waals surface area contributed by atoms with Crippen LogP contribution in [0, 0.1) is 0 Å². The summed E-state index contributed by atoms with van der Waals surface area (Å²) in [7, 11) is 0. The van der Waals surface area contributed by atoms with Crippen LogP contribution in [0.1, 0.15) is 12.8 Å². The van der Waals surface area contributed by atoms with Crippen LogP contribution in [0.15, 0.2) is 0 Å². The van der Waals surface area contributed by atoms with E-state index in [1.165, 1.54) is 0 Å². The van der Waals surface area contributed by atoms with Gasteiger partial charge in [0, 0.05) is 13.1 Å². The number of carboxylic acids is 6. The molecular formula is C18H26N4O14. The van der Waals surface area contributed by atoms with E-state index in [0.717, 1.165) is 9.80 Å². The van der Waals surface area contributed by atoms with Crippen LogP contribution in [0.2, 0.25) is 0 Å². The van der Waals surface area contributed by atoms with Gasteiger partial charge in [-0.05, 0) is 0 Å². The minimum absolute atomic E-state index is 0.339. The monoisotopic (exact) mass is 522 g/mol. The van der Waals surface area contributed by atoms with Crippen molar-refractivity contribution in [3.63, 3.8) is 0 Å². The van der Waals surface area contributed by atoms with Gasteiger partial charge in [-0.15, -0.1) is 0 Å². The molecule has 8 N–H and O–H groups in total. The molecule has 0 spiro atoms. The smallest absolute Gasteiger partial charge is 0.326 e. The first kappa shape index (κ1) is 31.7. The zero-order chi connectivity index (χ0) is 28.0. The van der Waals surface area contributed by atoms with Crippen LogP contribution in [0.3, 0.4) is 0 Å². The second-order valence-electron chi connectivity index (χ2n) is 7.32. The fourth-order valence-corrected chi connectivity index (χ4v) is 2.73. The van der Waals surface area contributed by atoms with Gasteiger partial charge in [-0.25, -0.2) is 9.59 Å². The van der Waals surface area contributed by atoms with Crippen LogP contribution < -0.4 is 10.6 Å². The quantitative estimate of drug-likeness (QED) is 0.0798. The van der Waals surface area contributed by atoms with Gasteiger partial charge in [0.05, 0.1) is 39.0 Å². The Balaban J connectivity index is 5.27. The molecule has 18 nitrogen and oxygen atoms in total. The van der Waals surface area contributed by atoms with E-state index < -0.39 is 98.7 Å². The Labute approximate surface area is 202 Å². The maximum atomic E-state index is 12.1. The molecule has 36 heavy (non-hydrogen) atoms. The predicted molar refractivity (Wildman–Crippen MR) is 112 cm³/mol. The molecule has 2 amide bonds. The number of aliphatic carboxylic acids is 6. The van der Waals surface area contributed by atoms with Crippen molar-refractivity contribution in [1.82, 2.24) is 20.4 Å². The minimum Gasteiger partial charge on any atom is -0.481 e. The number of carboxylic acid groups (broad SMARTS) is 6. The van der Waals surface area contributed by atoms with Crippen molar-refractivity contribution >= 4 is 47.6 Å². The minimum atomic E-state index is -1.79. The molecule has 0 unspecified atom stereocenters. The summed E-state index contributed by atoms with van der Waals surface area (Å²) in [5, 5.41) is 57.3. The van der Waals surface area contributed by atoms with Gasteiger partial charge in [0.1, 0.15) is 12.1 Å². The van der Waals surface area contributed by atoms with Crippen LogP contribution in [0.5, 0.6) is 0 Å². The number of carbonyl (C=O) groups is 8. The van der Waals surface area contributed by atoms with E-state index in [1.807, 2.05) is 10.6 Å². The van der Waals surface area contributed by atoms with Crippen molar-refractivity contribution in [2.75, 3.05) is 39.3 Å². The summed E-state index contributed by atoms with van der Waals surface area (Å²) in [5.41, 5.74) is 0. The molecule has 0 radical (unpaired) electrons. The molecular weight excluding hydrogens is 496 g/mol. The normalized spacial score (nSPS) is 12.4. The van der Waals surface area contributed by atoms with Gasteiger partial charge in [0.15, 0.2) is 0 Å². The zero-order valence-corrected chi connectivity index (χ0v) is 18.7. The maximum absolute atomic E-state index is 12.1. The lowest BCUT2D eigenvalue weighted by Gasteiger charge is -2.26. The molecule has 0 aromatic rings. The van der Waals surface area contributed by atoms with E-state index in [2.05, 4.69) is 0 Å². The Morgan fingerprint density at radius 1 is 0.500 bits per heavy atom. The van der Waals surface area contributed by atoms with E-state index in [0.29, 0.717) is 0 Å². The Morgan fingerprint density at radius 2 is 0.806 bits per heavy atom. The summed E-state index contributed by atoms with van der Waals surface area (Å²) < 4.78 is 0. The number of amides is 2. The third kappa shape index (κ3) is 14.8. The molecule has 0 aliphatic carbocycles. The topological polar surface area (TPSA) is 288 Å². The molecule has 0 bridgehead atoms. The Kier molecular flexibility index (Phi) is 13.7. The number of carbonyl (C=O) groups excluding carboxylic acids is 2. The average molecular weight is 522 g/mol. The Bertz CT molecular complexity index is 806. The SMILES string of the molecule is O=C(O)C[C@@H](NC(=O)CN(CCN(CC(=O)O)CC(=O)N[C@H](CC(=O)O)C(=O)O)CC(=O)O)C(=O)O. The summed E-state index contributed by atoms with van der Waals surface area (Å²) >= 11 is 0. The van der Waals surface area contributed by atoms with Crippen LogP contribution in [0.4, 0.5) is 0 Å². The first-order valence-electron chi connectivity index (χ1n) is 9.96. The fraction of sp³-hybridized carbons (Fsp3) is 0.556. The highest BCUT2D eigenvalue weighted by molar-refractivity contribution is 5.88. The molecule has 18 heteroatoms. The number of hydrogen-bond acceptors (Lipinski definition) is 10. The predicted octanol–water partition coefficient (Wildman–Crippen LogP) is -4.15. The average Bonchev–Trinajstić information content (AvgIpc) is 2.69. The van der Waals surface area contributed by atoms with Gasteiger partial charge < -0.3 is 41.3 Å². The van der Waals surface area contributed by atoms with E-state index in [1.54, 1.807) is 0 Å². The number of rotatable bonds is 19. The largest absolute Gasteiger partial charge is 0.481 e. The van der Waals surface area contributed by atoms with E-state index in [4.69, 9.17) is 30.6 Å². The highest BCUT2D eigenvalue weighted by Crippen LogP contribution is 1.99. The first-order chi connectivity index (χ1) is 16.6. The van der Waals surface area contributed by atoms with Gasteiger partial charge in [-0.1, -0.05) is 0 Å². The van der Waals surface area contributed by atoms with Crippen molar-refractivity contribution in [3.05, 3.63) is 0 Å². The molecule has 0 rings (SSSR count). The van der Waals surface area contributed by atoms with Crippen molar-refractivity contribution in [3.8, 4) is 0 Å². The third-order valence-electron chi connectivity index (χ3n) is 4.21. The molecule has 0 aromatic heterocycles. The molecule has 0 saturated carbocycles. The lowest BCUT2D eigenvalue weighted by atomic mass is 10.2. The van der Waals surface area contributed by atoms with E-state index in [-0.39, 0.29) is 13.1 Å². The summed E-state index contributed by atoms with van der Waals surface area (Å²) in [5.74, 6) is -11.2. The summed E-state index contributed by atoms with van der Waals surface area (Å²) in [6.45, 7) is -3.65. The fourth-order valence-electron chi connectivity index (χ4n) is 2.73. The number of hydrogen-bond donors (Lipinski definition) is 8.